The Balaban J connectivity index is 1.58. The van der Waals surface area contributed by atoms with Crippen LogP contribution in [0.3, 0.4) is 0 Å². The second kappa shape index (κ2) is 9.72. The fourth-order valence-electron chi connectivity index (χ4n) is 3.93. The van der Waals surface area contributed by atoms with Crippen molar-refractivity contribution in [3.8, 4) is 22.5 Å². The van der Waals surface area contributed by atoms with Crippen molar-refractivity contribution in [1.82, 2.24) is 25.2 Å². The van der Waals surface area contributed by atoms with Crippen LogP contribution in [0.2, 0.25) is 5.02 Å². The first-order chi connectivity index (χ1) is 16.6. The van der Waals surface area contributed by atoms with Crippen molar-refractivity contribution < 1.29 is 9.53 Å². The maximum atomic E-state index is 13.0. The van der Waals surface area contributed by atoms with Crippen molar-refractivity contribution in [3.05, 3.63) is 71.5 Å². The molecule has 2 aromatic heterocycles. The number of halogens is 1. The number of nitrogens with two attached hydrogens (primary N) is 1. The highest BCUT2D eigenvalue weighted by atomic mass is 35.5. The predicted octanol–water partition coefficient (Wildman–Crippen LogP) is 3.61. The van der Waals surface area contributed by atoms with Gasteiger partial charge in [0.1, 0.15) is 0 Å². The van der Waals surface area contributed by atoms with E-state index in [0.29, 0.717) is 41.8 Å². The number of carbonyl (C=O) groups is 1. The maximum absolute atomic E-state index is 13.0. The van der Waals surface area contributed by atoms with Crippen molar-refractivity contribution in [3.63, 3.8) is 0 Å². The number of rotatable bonds is 5. The average Bonchev–Trinajstić information content (AvgIpc) is 2.88. The predicted molar refractivity (Wildman–Crippen MR) is 132 cm³/mol. The molecule has 0 unspecified atom stereocenters. The van der Waals surface area contributed by atoms with Crippen molar-refractivity contribution in [2.45, 2.75) is 0 Å². The molecule has 172 valence electrons. The third-order valence-electron chi connectivity index (χ3n) is 5.68. The molecule has 5 rings (SSSR count). The Morgan fingerprint density at radius 3 is 2.59 bits per heavy atom. The largest absolute Gasteiger partial charge is 0.382 e. The molecule has 0 spiro atoms. The lowest BCUT2D eigenvalue weighted by Crippen LogP contribution is -2.44. The van der Waals surface area contributed by atoms with Gasteiger partial charge in [-0.1, -0.05) is 48.0 Å². The SMILES string of the molecule is Nc1nc(-c2ccccc2)c(-c2cc(Cl)c3ncccc3c2)nc1C(=O)NCN1CCOCC1. The smallest absolute Gasteiger partial charge is 0.274 e. The Kier molecular flexibility index (Phi) is 6.35. The van der Waals surface area contributed by atoms with Gasteiger partial charge in [0.15, 0.2) is 11.5 Å². The van der Waals surface area contributed by atoms with E-state index < -0.39 is 0 Å². The number of nitrogens with zero attached hydrogens (tertiary/aromatic N) is 4. The van der Waals surface area contributed by atoms with Gasteiger partial charge in [-0.2, -0.15) is 0 Å². The minimum atomic E-state index is -0.383. The Hall–Kier alpha value is -3.59. The number of hydrogen-bond donors (Lipinski definition) is 2. The third kappa shape index (κ3) is 4.56. The van der Waals surface area contributed by atoms with Gasteiger partial charge in [0.2, 0.25) is 0 Å². The van der Waals surface area contributed by atoms with Crippen LogP contribution in [0.5, 0.6) is 0 Å². The number of nitrogen functional groups attached to an aromatic ring is 1. The summed E-state index contributed by atoms with van der Waals surface area (Å²) in [4.78, 5) is 28.8. The summed E-state index contributed by atoms with van der Waals surface area (Å²) in [6, 6.07) is 17.1. The van der Waals surface area contributed by atoms with Crippen LogP contribution in [0.15, 0.2) is 60.8 Å². The molecule has 34 heavy (non-hydrogen) atoms. The molecule has 9 heteroatoms. The molecule has 0 saturated carbocycles. The zero-order valence-corrected chi connectivity index (χ0v) is 19.1. The number of morpholine rings is 1. The van der Waals surface area contributed by atoms with Gasteiger partial charge in [-0.25, -0.2) is 9.97 Å². The van der Waals surface area contributed by atoms with E-state index in [1.807, 2.05) is 48.5 Å². The maximum Gasteiger partial charge on any atom is 0.274 e. The Labute approximate surface area is 201 Å². The van der Waals surface area contributed by atoms with Crippen molar-refractivity contribution >= 4 is 34.2 Å². The minimum Gasteiger partial charge on any atom is -0.382 e. The van der Waals surface area contributed by atoms with Gasteiger partial charge in [-0.3, -0.25) is 14.7 Å². The van der Waals surface area contributed by atoms with Gasteiger partial charge >= 0.3 is 0 Å². The number of pyridine rings is 1. The van der Waals surface area contributed by atoms with Gasteiger partial charge in [0, 0.05) is 35.8 Å². The fourth-order valence-corrected chi connectivity index (χ4v) is 4.20. The molecule has 0 radical (unpaired) electrons. The van der Waals surface area contributed by atoms with E-state index in [1.165, 1.54) is 0 Å². The molecule has 4 aromatic rings. The van der Waals surface area contributed by atoms with Crippen LogP contribution in [0, 0.1) is 0 Å². The number of hydrogen-bond acceptors (Lipinski definition) is 7. The first-order valence-corrected chi connectivity index (χ1v) is 11.3. The quantitative estimate of drug-likeness (QED) is 0.455. The van der Waals surface area contributed by atoms with E-state index in [2.05, 4.69) is 20.2 Å². The molecule has 0 atom stereocenters. The second-order valence-corrected chi connectivity index (χ2v) is 8.36. The number of aromatic nitrogens is 3. The van der Waals surface area contributed by atoms with E-state index in [1.54, 1.807) is 12.3 Å². The molecule has 3 N–H and O–H groups in total. The Morgan fingerprint density at radius 2 is 1.79 bits per heavy atom. The Morgan fingerprint density at radius 1 is 1.03 bits per heavy atom. The molecule has 2 aromatic carbocycles. The fraction of sp³-hybridized carbons (Fsp3) is 0.200. The number of amides is 1. The number of benzene rings is 2. The van der Waals surface area contributed by atoms with Crippen LogP contribution in [0.1, 0.15) is 10.5 Å². The van der Waals surface area contributed by atoms with Crippen molar-refractivity contribution in [1.29, 1.82) is 0 Å². The molecule has 1 amide bonds. The molecular weight excluding hydrogens is 452 g/mol. The number of anilines is 1. The molecule has 1 saturated heterocycles. The van der Waals surface area contributed by atoms with Crippen LogP contribution < -0.4 is 11.1 Å². The minimum absolute atomic E-state index is 0.0654. The molecule has 1 aliphatic rings. The van der Waals surface area contributed by atoms with E-state index >= 15 is 0 Å². The number of fused-ring (bicyclic) bond motifs is 1. The zero-order chi connectivity index (χ0) is 23.5. The zero-order valence-electron chi connectivity index (χ0n) is 18.4. The van der Waals surface area contributed by atoms with E-state index in [0.717, 1.165) is 29.6 Å². The number of ether oxygens (including phenoxy) is 1. The van der Waals surface area contributed by atoms with Gasteiger partial charge < -0.3 is 15.8 Å². The highest BCUT2D eigenvalue weighted by molar-refractivity contribution is 6.35. The summed E-state index contributed by atoms with van der Waals surface area (Å²) < 4.78 is 5.36. The highest BCUT2D eigenvalue weighted by Crippen LogP contribution is 2.34. The molecule has 8 nitrogen and oxygen atoms in total. The topological polar surface area (TPSA) is 106 Å². The average molecular weight is 475 g/mol. The lowest BCUT2D eigenvalue weighted by molar-refractivity contribution is 0.0334. The van der Waals surface area contributed by atoms with Gasteiger partial charge in [0.05, 0.1) is 41.8 Å². The van der Waals surface area contributed by atoms with Gasteiger partial charge in [0.25, 0.3) is 5.91 Å². The number of nitrogens with one attached hydrogen (secondary N) is 1. The lowest BCUT2D eigenvalue weighted by atomic mass is 10.0. The van der Waals surface area contributed by atoms with Gasteiger partial charge in [-0.15, -0.1) is 0 Å². The third-order valence-corrected chi connectivity index (χ3v) is 5.97. The molecule has 0 bridgehead atoms. The van der Waals surface area contributed by atoms with Crippen molar-refractivity contribution in [2.75, 3.05) is 38.7 Å². The Bertz CT molecular complexity index is 1340. The first-order valence-electron chi connectivity index (χ1n) is 11.0. The summed E-state index contributed by atoms with van der Waals surface area (Å²) in [7, 11) is 0. The lowest BCUT2D eigenvalue weighted by Gasteiger charge is -2.26. The summed E-state index contributed by atoms with van der Waals surface area (Å²) in [5.74, 6) is -0.318. The summed E-state index contributed by atoms with van der Waals surface area (Å²) >= 11 is 6.55. The standard InChI is InChI=1S/C25H23ClN6O2/c26-19-14-18(13-17-7-4-8-28-20(17)19)22-21(16-5-2-1-3-6-16)31-24(27)23(30-22)25(33)29-15-32-9-11-34-12-10-32/h1-8,13-14H,9-12,15H2,(H2,27,31)(H,29,33). The summed E-state index contributed by atoms with van der Waals surface area (Å²) in [5.41, 5.74) is 9.65. The molecular formula is C25H23ClN6O2. The first kappa shape index (κ1) is 22.2. The number of carbonyl (C=O) groups excluding carboxylic acids is 1. The van der Waals surface area contributed by atoms with Crippen LogP contribution in [-0.4, -0.2) is 58.7 Å². The molecule has 0 aliphatic carbocycles. The monoisotopic (exact) mass is 474 g/mol. The van der Waals surface area contributed by atoms with E-state index in [9.17, 15) is 4.79 Å². The summed E-state index contributed by atoms with van der Waals surface area (Å²) in [5, 5.41) is 4.25. The normalized spacial score (nSPS) is 14.3. The van der Waals surface area contributed by atoms with Crippen LogP contribution in [-0.2, 0) is 4.74 Å². The van der Waals surface area contributed by atoms with E-state index in [-0.39, 0.29) is 17.4 Å². The van der Waals surface area contributed by atoms with Gasteiger partial charge in [-0.05, 0) is 18.2 Å². The van der Waals surface area contributed by atoms with Crippen LogP contribution in [0.4, 0.5) is 5.82 Å². The summed E-state index contributed by atoms with van der Waals surface area (Å²) in [6.45, 7) is 3.18. The van der Waals surface area contributed by atoms with E-state index in [4.69, 9.17) is 27.1 Å². The van der Waals surface area contributed by atoms with Crippen molar-refractivity contribution in [2.24, 2.45) is 0 Å². The van der Waals surface area contributed by atoms with Crippen LogP contribution >= 0.6 is 11.6 Å². The molecule has 3 heterocycles. The second-order valence-electron chi connectivity index (χ2n) is 7.95. The summed E-state index contributed by atoms with van der Waals surface area (Å²) in [6.07, 6.45) is 1.70. The molecule has 1 fully saturated rings. The molecule has 1 aliphatic heterocycles. The van der Waals surface area contributed by atoms with Crippen LogP contribution in [0.25, 0.3) is 33.4 Å². The highest BCUT2D eigenvalue weighted by Gasteiger charge is 2.21.